The minimum absolute atomic E-state index is 0.0441. The van der Waals surface area contributed by atoms with Gasteiger partial charge >= 0.3 is 0 Å². The molecule has 0 bridgehead atoms. The van der Waals surface area contributed by atoms with E-state index in [1.807, 2.05) is 25.1 Å². The van der Waals surface area contributed by atoms with Gasteiger partial charge in [-0.15, -0.1) is 0 Å². The molecule has 2 aromatic carbocycles. The molecule has 0 saturated carbocycles. The maximum atomic E-state index is 9.85. The van der Waals surface area contributed by atoms with Crippen molar-refractivity contribution in [1.82, 2.24) is 5.32 Å². The summed E-state index contributed by atoms with van der Waals surface area (Å²) in [6.45, 7) is 3.83. The Labute approximate surface area is 132 Å². The number of nitrogens with one attached hydrogen (secondary N) is 1. The first-order valence-corrected chi connectivity index (χ1v) is 7.59. The maximum Gasteiger partial charge on any atom is 0.124 e. The van der Waals surface area contributed by atoms with Crippen molar-refractivity contribution in [2.45, 2.75) is 19.4 Å². The molecule has 1 unspecified atom stereocenters. The molecule has 1 atom stereocenters. The zero-order valence-corrected chi connectivity index (χ0v) is 13.2. The van der Waals surface area contributed by atoms with Crippen molar-refractivity contribution in [2.24, 2.45) is 0 Å². The van der Waals surface area contributed by atoms with Gasteiger partial charge in [-0.25, -0.2) is 0 Å². The van der Waals surface area contributed by atoms with Gasteiger partial charge in [-0.2, -0.15) is 0 Å². The third kappa shape index (κ3) is 4.40. The van der Waals surface area contributed by atoms with Gasteiger partial charge in [0.2, 0.25) is 0 Å². The second-order valence-corrected chi connectivity index (χ2v) is 5.53. The molecule has 2 aromatic rings. The fourth-order valence-corrected chi connectivity index (χ4v) is 2.45. The van der Waals surface area contributed by atoms with Crippen LogP contribution in [0.15, 0.2) is 48.5 Å². The fraction of sp³-hybridized carbons (Fsp3) is 0.333. The molecule has 0 aliphatic heterocycles. The van der Waals surface area contributed by atoms with Gasteiger partial charge in [0.05, 0.1) is 0 Å². The van der Waals surface area contributed by atoms with Gasteiger partial charge in [0.1, 0.15) is 11.5 Å². The minimum atomic E-state index is 0.0441. The predicted octanol–water partition coefficient (Wildman–Crippen LogP) is 3.27. The quantitative estimate of drug-likeness (QED) is 0.687. The van der Waals surface area contributed by atoms with Crippen LogP contribution in [-0.4, -0.2) is 30.4 Å². The number of benzene rings is 2. The normalized spacial score (nSPS) is 12.1. The van der Waals surface area contributed by atoms with E-state index in [2.05, 4.69) is 29.4 Å². The van der Waals surface area contributed by atoms with Crippen LogP contribution in [0.1, 0.15) is 24.9 Å². The van der Waals surface area contributed by atoms with Gasteiger partial charge in [0.25, 0.3) is 0 Å². The molecule has 0 spiro atoms. The van der Waals surface area contributed by atoms with Gasteiger partial charge in [0.15, 0.2) is 0 Å². The monoisotopic (exact) mass is 300 g/mol. The fourth-order valence-electron chi connectivity index (χ4n) is 2.45. The maximum absolute atomic E-state index is 9.85. The minimum Gasteiger partial charge on any atom is -0.508 e. The van der Waals surface area contributed by atoms with E-state index >= 15 is 0 Å². The Balaban J connectivity index is 1.76. The topological polar surface area (TPSA) is 55.7 Å². The van der Waals surface area contributed by atoms with Gasteiger partial charge in [-0.1, -0.05) is 24.3 Å². The number of aromatic hydroxyl groups is 2. The number of para-hydroxylation sites is 1. The second-order valence-electron chi connectivity index (χ2n) is 5.53. The van der Waals surface area contributed by atoms with E-state index in [9.17, 15) is 10.2 Å². The van der Waals surface area contributed by atoms with E-state index in [1.54, 1.807) is 12.1 Å². The molecule has 118 valence electrons. The van der Waals surface area contributed by atoms with E-state index in [1.165, 1.54) is 11.8 Å². The number of phenolic OH excluding ortho intramolecular Hbond substituents is 2. The molecular formula is C18H24N2O2. The van der Waals surface area contributed by atoms with E-state index in [0.29, 0.717) is 0 Å². The van der Waals surface area contributed by atoms with Crippen molar-refractivity contribution in [3.05, 3.63) is 54.1 Å². The number of phenols is 2. The van der Waals surface area contributed by atoms with Crippen molar-refractivity contribution in [2.75, 3.05) is 25.0 Å². The summed E-state index contributed by atoms with van der Waals surface area (Å²) in [6.07, 6.45) is 1.01. The molecule has 0 radical (unpaired) electrons. The molecule has 0 amide bonds. The Morgan fingerprint density at radius 1 is 1.09 bits per heavy atom. The lowest BCUT2D eigenvalue weighted by molar-refractivity contribution is 0.436. The summed E-state index contributed by atoms with van der Waals surface area (Å²) in [5.41, 5.74) is 2.01. The molecule has 0 aromatic heterocycles. The first kappa shape index (κ1) is 16.2. The summed E-state index contributed by atoms with van der Waals surface area (Å²) < 4.78 is 0. The third-order valence-corrected chi connectivity index (χ3v) is 3.80. The lowest BCUT2D eigenvalue weighted by Gasteiger charge is -2.20. The summed E-state index contributed by atoms with van der Waals surface area (Å²) in [5.74, 6) is 0.208. The van der Waals surface area contributed by atoms with Crippen LogP contribution in [0, 0.1) is 0 Å². The van der Waals surface area contributed by atoms with Gasteiger partial charge < -0.3 is 20.4 Å². The molecule has 3 N–H and O–H groups in total. The molecule has 0 aliphatic rings. The summed E-state index contributed by atoms with van der Waals surface area (Å²) in [6, 6.07) is 15.1. The number of hydrogen-bond acceptors (Lipinski definition) is 4. The van der Waals surface area contributed by atoms with E-state index < -0.39 is 0 Å². The van der Waals surface area contributed by atoms with Gasteiger partial charge in [0, 0.05) is 37.0 Å². The molecule has 22 heavy (non-hydrogen) atoms. The van der Waals surface area contributed by atoms with E-state index in [0.717, 1.165) is 25.1 Å². The van der Waals surface area contributed by atoms with Crippen LogP contribution in [0.3, 0.4) is 0 Å². The largest absolute Gasteiger partial charge is 0.508 e. The second kappa shape index (κ2) is 7.71. The Kier molecular flexibility index (Phi) is 5.67. The zero-order chi connectivity index (χ0) is 15.9. The van der Waals surface area contributed by atoms with Crippen molar-refractivity contribution in [3.8, 4) is 11.5 Å². The van der Waals surface area contributed by atoms with Crippen molar-refractivity contribution >= 4 is 5.69 Å². The SMILES string of the molecule is CC(NCCCN(C)c1ccccc1)c1ccc(O)cc1O. The lowest BCUT2D eigenvalue weighted by atomic mass is 10.1. The van der Waals surface area contributed by atoms with Crippen LogP contribution in [-0.2, 0) is 0 Å². The predicted molar refractivity (Wildman–Crippen MR) is 90.5 cm³/mol. The molecule has 0 fully saturated rings. The zero-order valence-electron chi connectivity index (χ0n) is 13.2. The van der Waals surface area contributed by atoms with Crippen LogP contribution >= 0.6 is 0 Å². The third-order valence-electron chi connectivity index (χ3n) is 3.80. The highest BCUT2D eigenvalue weighted by atomic mass is 16.3. The van der Waals surface area contributed by atoms with E-state index in [4.69, 9.17) is 0 Å². The first-order valence-electron chi connectivity index (χ1n) is 7.59. The van der Waals surface area contributed by atoms with Crippen molar-refractivity contribution < 1.29 is 10.2 Å². The summed E-state index contributed by atoms with van der Waals surface area (Å²) in [4.78, 5) is 2.23. The van der Waals surface area contributed by atoms with Crippen LogP contribution < -0.4 is 10.2 Å². The summed E-state index contributed by atoms with van der Waals surface area (Å²) >= 11 is 0. The van der Waals surface area contributed by atoms with Gasteiger partial charge in [-0.3, -0.25) is 0 Å². The number of nitrogens with zero attached hydrogens (tertiary/aromatic N) is 1. The highest BCUT2D eigenvalue weighted by molar-refractivity contribution is 5.44. The molecule has 2 rings (SSSR count). The Morgan fingerprint density at radius 3 is 2.50 bits per heavy atom. The van der Waals surface area contributed by atoms with Crippen LogP contribution in [0.25, 0.3) is 0 Å². The van der Waals surface area contributed by atoms with Crippen LogP contribution in [0.4, 0.5) is 5.69 Å². The lowest BCUT2D eigenvalue weighted by Crippen LogP contribution is -2.25. The molecule has 0 aliphatic carbocycles. The highest BCUT2D eigenvalue weighted by Gasteiger charge is 2.10. The summed E-state index contributed by atoms with van der Waals surface area (Å²) in [7, 11) is 2.09. The Morgan fingerprint density at radius 2 is 1.82 bits per heavy atom. The smallest absolute Gasteiger partial charge is 0.124 e. The average molecular weight is 300 g/mol. The average Bonchev–Trinajstić information content (AvgIpc) is 2.52. The van der Waals surface area contributed by atoms with Crippen LogP contribution in [0.5, 0.6) is 11.5 Å². The number of anilines is 1. The summed E-state index contributed by atoms with van der Waals surface area (Å²) in [5, 5.41) is 22.6. The van der Waals surface area contributed by atoms with Crippen molar-refractivity contribution in [1.29, 1.82) is 0 Å². The molecule has 0 heterocycles. The number of hydrogen-bond donors (Lipinski definition) is 3. The standard InChI is InChI=1S/C18H24N2O2/c1-14(17-10-9-16(21)13-18(17)22)19-11-6-12-20(2)15-7-4-3-5-8-15/h3-5,7-10,13-14,19,21-22H,6,11-12H2,1-2H3. The number of rotatable bonds is 7. The highest BCUT2D eigenvalue weighted by Crippen LogP contribution is 2.27. The first-order chi connectivity index (χ1) is 10.6. The Bertz CT molecular complexity index is 587. The van der Waals surface area contributed by atoms with Gasteiger partial charge in [-0.05, 0) is 38.1 Å². The molecule has 0 saturated heterocycles. The Hall–Kier alpha value is -2.20. The van der Waals surface area contributed by atoms with E-state index in [-0.39, 0.29) is 17.5 Å². The molecular weight excluding hydrogens is 276 g/mol. The van der Waals surface area contributed by atoms with Crippen molar-refractivity contribution in [3.63, 3.8) is 0 Å². The molecule has 4 heteroatoms. The molecule has 4 nitrogen and oxygen atoms in total. The van der Waals surface area contributed by atoms with Crippen LogP contribution in [0.2, 0.25) is 0 Å².